The zero-order valence-electron chi connectivity index (χ0n) is 12.7. The molecule has 2 aromatic heterocycles. The molecule has 4 rings (SSSR count). The lowest BCUT2D eigenvalue weighted by Gasteiger charge is -2.12. The predicted molar refractivity (Wildman–Crippen MR) is 92.4 cm³/mol. The molecule has 25 heavy (non-hydrogen) atoms. The molecule has 0 aliphatic carbocycles. The van der Waals surface area contributed by atoms with Crippen LogP contribution >= 0.6 is 11.3 Å². The maximum Gasteiger partial charge on any atom is 0.271 e. The van der Waals surface area contributed by atoms with E-state index < -0.39 is 10.0 Å². The van der Waals surface area contributed by atoms with Gasteiger partial charge in [0.2, 0.25) is 0 Å². The molecule has 0 spiro atoms. The number of hydrogen-bond acceptors (Lipinski definition) is 9. The minimum atomic E-state index is -3.69. The molecule has 0 amide bonds. The first kappa shape index (κ1) is 16.2. The fraction of sp³-hybridized carbons (Fsp3) is 0.0714. The number of anilines is 1. The van der Waals surface area contributed by atoms with E-state index in [0.29, 0.717) is 16.3 Å². The summed E-state index contributed by atoms with van der Waals surface area (Å²) in [4.78, 5) is 4.54. The summed E-state index contributed by atoms with van der Waals surface area (Å²) in [7, 11) is -3.69. The topological polar surface area (TPSA) is 120 Å². The van der Waals surface area contributed by atoms with E-state index in [2.05, 4.69) is 31.6 Å². The number of rotatable bonds is 5. The normalized spacial score (nSPS) is 15.5. The third-order valence-corrected chi connectivity index (χ3v) is 6.46. The largest absolute Gasteiger partial charge is 0.443 e. The average molecular weight is 378 g/mol. The highest BCUT2D eigenvalue weighted by Crippen LogP contribution is 2.31. The van der Waals surface area contributed by atoms with Crippen molar-refractivity contribution in [3.05, 3.63) is 54.6 Å². The van der Waals surface area contributed by atoms with Crippen molar-refractivity contribution in [1.82, 2.24) is 26.9 Å². The number of thiophene rings is 1. The lowest BCUT2D eigenvalue weighted by atomic mass is 10.1. The second kappa shape index (κ2) is 6.55. The van der Waals surface area contributed by atoms with Crippen LogP contribution in [0.3, 0.4) is 0 Å². The van der Waals surface area contributed by atoms with E-state index in [1.807, 2.05) is 6.07 Å². The quantitative estimate of drug-likeness (QED) is 0.451. The first-order chi connectivity index (χ1) is 12.1. The molecule has 0 atom stereocenters. The molecule has 0 radical (unpaired) electrons. The summed E-state index contributed by atoms with van der Waals surface area (Å²) in [6.07, 6.45) is 2.68. The van der Waals surface area contributed by atoms with Crippen LogP contribution in [0.5, 0.6) is 0 Å². The summed E-state index contributed by atoms with van der Waals surface area (Å²) in [6, 6.07) is 10.3. The van der Waals surface area contributed by atoms with Gasteiger partial charge in [0.15, 0.2) is 12.2 Å². The number of oxazole rings is 1. The Hall–Kier alpha value is -2.28. The van der Waals surface area contributed by atoms with Crippen LogP contribution in [-0.4, -0.2) is 13.4 Å². The minimum Gasteiger partial charge on any atom is -0.443 e. The molecule has 1 aliphatic heterocycles. The Bertz CT molecular complexity index is 964. The zero-order valence-corrected chi connectivity index (χ0v) is 14.3. The SMILES string of the molecule is O=S(=O)(Nc1cccc(C2NNNN2)c1)c1ccc(-c2cnco2)s1. The molecule has 0 bridgehead atoms. The average Bonchev–Trinajstić information content (AvgIpc) is 3.35. The maximum absolute atomic E-state index is 12.6. The number of hydrazine groups is 3. The van der Waals surface area contributed by atoms with Crippen molar-refractivity contribution < 1.29 is 12.8 Å². The van der Waals surface area contributed by atoms with Crippen LogP contribution in [0, 0.1) is 0 Å². The molecule has 3 heterocycles. The van der Waals surface area contributed by atoms with Crippen molar-refractivity contribution in [3.8, 4) is 10.6 Å². The van der Waals surface area contributed by atoms with E-state index in [0.717, 1.165) is 16.9 Å². The molecule has 0 unspecified atom stereocenters. The molecule has 1 aromatic carbocycles. The standard InChI is InChI=1S/C14H14N6O3S2/c21-25(22,13-5-4-12(24-13)11-7-15-8-23-11)18-10-3-1-2-9(6-10)14-16-19-20-17-14/h1-8,14,16-20H. The van der Waals surface area contributed by atoms with Crippen molar-refractivity contribution in [1.29, 1.82) is 0 Å². The molecule has 1 fully saturated rings. The van der Waals surface area contributed by atoms with E-state index in [4.69, 9.17) is 4.42 Å². The highest BCUT2D eigenvalue weighted by atomic mass is 32.2. The highest BCUT2D eigenvalue weighted by Gasteiger charge is 2.20. The predicted octanol–water partition coefficient (Wildman–Crippen LogP) is 1.32. The molecule has 0 saturated carbocycles. The maximum atomic E-state index is 12.6. The number of hydrogen-bond donors (Lipinski definition) is 5. The number of sulfonamides is 1. The first-order valence-electron chi connectivity index (χ1n) is 7.24. The van der Waals surface area contributed by atoms with Gasteiger partial charge in [0.25, 0.3) is 10.0 Å². The van der Waals surface area contributed by atoms with Crippen LogP contribution in [0.2, 0.25) is 0 Å². The van der Waals surface area contributed by atoms with Gasteiger partial charge in [-0.05, 0) is 29.8 Å². The molecule has 5 N–H and O–H groups in total. The van der Waals surface area contributed by atoms with E-state index in [1.165, 1.54) is 6.39 Å². The van der Waals surface area contributed by atoms with Gasteiger partial charge in [-0.2, -0.15) is 11.1 Å². The summed E-state index contributed by atoms with van der Waals surface area (Å²) < 4.78 is 33.2. The van der Waals surface area contributed by atoms with Crippen LogP contribution < -0.4 is 26.6 Å². The zero-order chi connectivity index (χ0) is 17.3. The van der Waals surface area contributed by atoms with Gasteiger partial charge in [0.05, 0.1) is 11.1 Å². The molecule has 9 nitrogen and oxygen atoms in total. The van der Waals surface area contributed by atoms with Crippen LogP contribution in [0.1, 0.15) is 11.7 Å². The van der Waals surface area contributed by atoms with Crippen molar-refractivity contribution in [2.45, 2.75) is 10.4 Å². The molecule has 11 heteroatoms. The third-order valence-electron chi connectivity index (χ3n) is 3.49. The summed E-state index contributed by atoms with van der Waals surface area (Å²) in [5, 5.41) is 0. The summed E-state index contributed by atoms with van der Waals surface area (Å²) in [5.74, 6) is 0.534. The number of aromatic nitrogens is 1. The molecular formula is C14H14N6O3S2. The lowest BCUT2D eigenvalue weighted by molar-refractivity contribution is 0.555. The Balaban J connectivity index is 1.56. The van der Waals surface area contributed by atoms with Gasteiger partial charge in [-0.25, -0.2) is 24.3 Å². The Morgan fingerprint density at radius 1 is 1.16 bits per heavy atom. The summed E-state index contributed by atoms with van der Waals surface area (Å²) in [6.45, 7) is 0. The number of benzene rings is 1. The van der Waals surface area contributed by atoms with E-state index >= 15 is 0 Å². The van der Waals surface area contributed by atoms with E-state index in [1.54, 1.807) is 36.5 Å². The third kappa shape index (κ3) is 3.42. The lowest BCUT2D eigenvalue weighted by Crippen LogP contribution is -2.33. The minimum absolute atomic E-state index is 0.177. The summed E-state index contributed by atoms with van der Waals surface area (Å²) in [5.41, 5.74) is 12.7. The van der Waals surface area contributed by atoms with Crippen molar-refractivity contribution >= 4 is 27.0 Å². The Labute approximate surface area is 147 Å². The van der Waals surface area contributed by atoms with Crippen LogP contribution in [0.15, 0.2) is 57.6 Å². The molecule has 1 aliphatic rings. The number of nitrogens with one attached hydrogen (secondary N) is 5. The van der Waals surface area contributed by atoms with Gasteiger partial charge in [0, 0.05) is 5.69 Å². The fourth-order valence-electron chi connectivity index (χ4n) is 2.34. The van der Waals surface area contributed by atoms with Crippen molar-refractivity contribution in [3.63, 3.8) is 0 Å². The molecule has 1 saturated heterocycles. The Kier molecular flexibility index (Phi) is 4.25. The second-order valence-electron chi connectivity index (χ2n) is 5.19. The van der Waals surface area contributed by atoms with Gasteiger partial charge in [-0.3, -0.25) is 4.72 Å². The molecule has 130 valence electrons. The first-order valence-corrected chi connectivity index (χ1v) is 9.54. The van der Waals surface area contributed by atoms with Gasteiger partial charge >= 0.3 is 0 Å². The van der Waals surface area contributed by atoms with Gasteiger partial charge < -0.3 is 4.42 Å². The summed E-state index contributed by atoms with van der Waals surface area (Å²) >= 11 is 1.12. The van der Waals surface area contributed by atoms with Crippen LogP contribution in [0.4, 0.5) is 5.69 Å². The van der Waals surface area contributed by atoms with Crippen molar-refractivity contribution in [2.75, 3.05) is 4.72 Å². The van der Waals surface area contributed by atoms with Gasteiger partial charge in [0.1, 0.15) is 10.4 Å². The number of nitrogens with zero attached hydrogens (tertiary/aromatic N) is 1. The van der Waals surface area contributed by atoms with Crippen molar-refractivity contribution in [2.24, 2.45) is 0 Å². The van der Waals surface area contributed by atoms with E-state index in [9.17, 15) is 8.42 Å². The van der Waals surface area contributed by atoms with Gasteiger partial charge in [-0.15, -0.1) is 11.3 Å². The fourth-order valence-corrected chi connectivity index (χ4v) is 4.65. The smallest absolute Gasteiger partial charge is 0.271 e. The Morgan fingerprint density at radius 2 is 2.00 bits per heavy atom. The second-order valence-corrected chi connectivity index (χ2v) is 8.18. The molecule has 3 aromatic rings. The monoisotopic (exact) mass is 378 g/mol. The van der Waals surface area contributed by atoms with Crippen LogP contribution in [0.25, 0.3) is 10.6 Å². The van der Waals surface area contributed by atoms with E-state index in [-0.39, 0.29) is 10.4 Å². The van der Waals surface area contributed by atoms with Crippen LogP contribution in [-0.2, 0) is 10.0 Å². The van der Waals surface area contributed by atoms with Gasteiger partial charge in [-0.1, -0.05) is 12.1 Å². The highest BCUT2D eigenvalue weighted by molar-refractivity contribution is 7.94. The molecular weight excluding hydrogens is 364 g/mol. The Morgan fingerprint density at radius 3 is 2.76 bits per heavy atom.